The van der Waals surface area contributed by atoms with Crippen LogP contribution in [0.5, 0.6) is 0 Å². The monoisotopic (exact) mass is 558 g/mol. The van der Waals surface area contributed by atoms with Crippen molar-refractivity contribution in [2.24, 2.45) is 9.98 Å². The van der Waals surface area contributed by atoms with E-state index in [0.29, 0.717) is 13.1 Å². The number of benzene rings is 2. The van der Waals surface area contributed by atoms with Crippen molar-refractivity contribution >= 4 is 22.8 Å². The van der Waals surface area contributed by atoms with E-state index in [-0.39, 0.29) is 0 Å². The van der Waals surface area contributed by atoms with Gasteiger partial charge in [0.25, 0.3) is 0 Å². The Balaban J connectivity index is 1.45. The molecule has 6 nitrogen and oxygen atoms in total. The number of hydrogen-bond acceptors (Lipinski definition) is 6. The highest BCUT2D eigenvalue weighted by molar-refractivity contribution is 6.09. The Kier molecular flexibility index (Phi) is 9.48. The van der Waals surface area contributed by atoms with Crippen LogP contribution in [0.1, 0.15) is 55.0 Å². The van der Waals surface area contributed by atoms with Crippen molar-refractivity contribution in [1.29, 1.82) is 0 Å². The lowest BCUT2D eigenvalue weighted by molar-refractivity contribution is 0.556. The molecule has 0 saturated carbocycles. The summed E-state index contributed by atoms with van der Waals surface area (Å²) in [6.45, 7) is 30.3. The van der Waals surface area contributed by atoms with Crippen LogP contribution in [-0.2, 0) is 19.5 Å². The van der Waals surface area contributed by atoms with Crippen molar-refractivity contribution in [2.75, 3.05) is 0 Å². The number of hydrogen-bond donors (Lipinski definition) is 3. The Labute approximate surface area is 251 Å². The number of allylic oxidation sites excluding steroid dienone is 3. The van der Waals surface area contributed by atoms with E-state index in [1.807, 2.05) is 24.0 Å². The molecule has 0 amide bonds. The van der Waals surface area contributed by atoms with Gasteiger partial charge in [0.2, 0.25) is 0 Å². The fraction of sp³-hybridized carbons (Fsp3) is 0.222. The van der Waals surface area contributed by atoms with Crippen LogP contribution in [0.2, 0.25) is 0 Å². The fourth-order valence-corrected chi connectivity index (χ4v) is 4.86. The molecule has 6 heteroatoms. The van der Waals surface area contributed by atoms with Gasteiger partial charge in [-0.3, -0.25) is 4.99 Å². The average molecular weight is 559 g/mol. The first-order chi connectivity index (χ1) is 20.1. The lowest BCUT2D eigenvalue weighted by atomic mass is 10.0. The Bertz CT molecular complexity index is 1580. The molecule has 4 rings (SSSR count). The molecule has 2 aromatic carbocycles. The van der Waals surface area contributed by atoms with Gasteiger partial charge in [-0.05, 0) is 79.3 Å². The molecule has 2 aromatic rings. The first-order valence-corrected chi connectivity index (χ1v) is 14.3. The molecule has 0 aliphatic carbocycles. The molecule has 2 heterocycles. The van der Waals surface area contributed by atoms with E-state index in [0.717, 1.165) is 80.9 Å². The van der Waals surface area contributed by atoms with Gasteiger partial charge in [-0.25, -0.2) is 4.99 Å². The van der Waals surface area contributed by atoms with Gasteiger partial charge in [0.05, 0.1) is 28.5 Å². The zero-order valence-corrected chi connectivity index (χ0v) is 25.4. The standard InChI is InChI=1S/C36H42N6/c1-10-24(5)39-26(7)30-15-16-32(23(4)17-30)22-38-27(8)33-20-35(42(12-3)36(11-2)41-33)28(9)37-21-29-13-14-31-18-25(6)40-34(31)19-29/h11-17,19-20,37-39H,3,5,7-10,18,21-22H2,1-2,4,6H3/b36-11-. The molecule has 0 spiro atoms. The largest absolute Gasteiger partial charge is 0.380 e. The number of aryl methyl sites for hydroxylation is 1. The molecule has 0 saturated heterocycles. The third-order valence-electron chi connectivity index (χ3n) is 7.42. The van der Waals surface area contributed by atoms with Crippen molar-refractivity contribution in [3.63, 3.8) is 0 Å². The number of rotatable bonds is 13. The molecule has 0 unspecified atom stereocenters. The summed E-state index contributed by atoms with van der Waals surface area (Å²) in [4.78, 5) is 11.4. The highest BCUT2D eigenvalue weighted by Crippen LogP contribution is 2.29. The van der Waals surface area contributed by atoms with E-state index < -0.39 is 0 Å². The van der Waals surface area contributed by atoms with Crippen LogP contribution in [0.4, 0.5) is 5.69 Å². The number of aliphatic imine (C=N–C) groups is 2. The molecule has 3 N–H and O–H groups in total. The van der Waals surface area contributed by atoms with Gasteiger partial charge >= 0.3 is 0 Å². The molecule has 42 heavy (non-hydrogen) atoms. The second-order valence-corrected chi connectivity index (χ2v) is 10.6. The van der Waals surface area contributed by atoms with Crippen LogP contribution < -0.4 is 16.0 Å². The summed E-state index contributed by atoms with van der Waals surface area (Å²) in [5, 5.41) is 10.2. The third kappa shape index (κ3) is 6.89. The lowest BCUT2D eigenvalue weighted by Gasteiger charge is -2.30. The first-order valence-electron chi connectivity index (χ1n) is 14.3. The maximum atomic E-state index is 4.84. The molecule has 0 atom stereocenters. The van der Waals surface area contributed by atoms with Gasteiger partial charge in [-0.2, -0.15) is 0 Å². The van der Waals surface area contributed by atoms with E-state index in [9.17, 15) is 0 Å². The summed E-state index contributed by atoms with van der Waals surface area (Å²) in [5.41, 5.74) is 12.9. The predicted molar refractivity (Wildman–Crippen MR) is 179 cm³/mol. The topological polar surface area (TPSA) is 64.0 Å². The number of fused-ring (bicyclic) bond motifs is 1. The molecule has 0 bridgehead atoms. The van der Waals surface area contributed by atoms with Crippen LogP contribution >= 0.6 is 0 Å². The van der Waals surface area contributed by atoms with Gasteiger partial charge in [0.1, 0.15) is 5.82 Å². The summed E-state index contributed by atoms with van der Waals surface area (Å²) >= 11 is 0. The van der Waals surface area contributed by atoms with E-state index in [2.05, 4.69) is 111 Å². The lowest BCUT2D eigenvalue weighted by Crippen LogP contribution is -2.29. The zero-order chi connectivity index (χ0) is 30.4. The minimum Gasteiger partial charge on any atom is -0.380 e. The SMILES string of the molecule is C=CN1C(C(=C)NCc2ccc3c(c2)N=C(C)C3)=CC(C(=C)NCc2ccc(C(=C)NC(=C)CC)cc2C)=N/C1=C/C. The minimum absolute atomic E-state index is 0.616. The third-order valence-corrected chi connectivity index (χ3v) is 7.42. The van der Waals surface area contributed by atoms with E-state index in [1.54, 1.807) is 6.20 Å². The first kappa shape index (κ1) is 30.1. The van der Waals surface area contributed by atoms with Crippen molar-refractivity contribution in [3.05, 3.63) is 144 Å². The van der Waals surface area contributed by atoms with Crippen LogP contribution in [0, 0.1) is 6.92 Å². The van der Waals surface area contributed by atoms with E-state index in [1.165, 1.54) is 11.1 Å². The van der Waals surface area contributed by atoms with E-state index >= 15 is 0 Å². The zero-order valence-electron chi connectivity index (χ0n) is 25.4. The quantitative estimate of drug-likeness (QED) is 0.236. The van der Waals surface area contributed by atoms with Crippen LogP contribution in [0.25, 0.3) is 5.70 Å². The van der Waals surface area contributed by atoms with Gasteiger partial charge in [0, 0.05) is 42.8 Å². The maximum Gasteiger partial charge on any atom is 0.133 e. The van der Waals surface area contributed by atoms with Gasteiger partial charge in [0.15, 0.2) is 0 Å². The number of nitrogens with zero attached hydrogens (tertiary/aromatic N) is 3. The Hall–Kier alpha value is -4.84. The van der Waals surface area contributed by atoms with Crippen molar-refractivity contribution < 1.29 is 0 Å². The maximum absolute atomic E-state index is 4.84. The van der Waals surface area contributed by atoms with Crippen molar-refractivity contribution in [3.8, 4) is 0 Å². The summed E-state index contributed by atoms with van der Waals surface area (Å²) in [7, 11) is 0. The van der Waals surface area contributed by atoms with Crippen molar-refractivity contribution in [1.82, 2.24) is 20.9 Å². The molecule has 0 fully saturated rings. The molecule has 0 radical (unpaired) electrons. The molecular formula is C36H42N6. The van der Waals surface area contributed by atoms with Gasteiger partial charge in [-0.15, -0.1) is 0 Å². The number of nitrogens with one attached hydrogen (secondary N) is 3. The summed E-state index contributed by atoms with van der Waals surface area (Å²) < 4.78 is 0. The van der Waals surface area contributed by atoms with Crippen LogP contribution in [-0.4, -0.2) is 16.3 Å². The van der Waals surface area contributed by atoms with Gasteiger partial charge in [-0.1, -0.05) is 64.1 Å². The van der Waals surface area contributed by atoms with Gasteiger partial charge < -0.3 is 20.9 Å². The van der Waals surface area contributed by atoms with E-state index in [4.69, 9.17) is 4.99 Å². The molecule has 2 aliphatic heterocycles. The Morgan fingerprint density at radius 2 is 1.71 bits per heavy atom. The summed E-state index contributed by atoms with van der Waals surface area (Å²) in [6.07, 6.45) is 7.47. The Morgan fingerprint density at radius 3 is 2.40 bits per heavy atom. The average Bonchev–Trinajstić information content (AvgIpc) is 3.37. The summed E-state index contributed by atoms with van der Waals surface area (Å²) in [5.74, 6) is 0.756. The second-order valence-electron chi connectivity index (χ2n) is 10.6. The molecular weight excluding hydrogens is 516 g/mol. The highest BCUT2D eigenvalue weighted by Gasteiger charge is 2.21. The molecule has 216 valence electrons. The second kappa shape index (κ2) is 13.2. The van der Waals surface area contributed by atoms with Crippen LogP contribution in [0.3, 0.4) is 0 Å². The van der Waals surface area contributed by atoms with Crippen molar-refractivity contribution in [2.45, 2.75) is 53.6 Å². The smallest absolute Gasteiger partial charge is 0.133 e. The highest BCUT2D eigenvalue weighted by atomic mass is 15.2. The predicted octanol–water partition coefficient (Wildman–Crippen LogP) is 7.68. The molecule has 2 aliphatic rings. The molecule has 0 aromatic heterocycles. The summed E-state index contributed by atoms with van der Waals surface area (Å²) in [6, 6.07) is 12.8. The Morgan fingerprint density at radius 1 is 0.952 bits per heavy atom. The minimum atomic E-state index is 0.616. The van der Waals surface area contributed by atoms with Crippen LogP contribution in [0.15, 0.2) is 126 Å². The fourth-order valence-electron chi connectivity index (χ4n) is 4.86. The normalized spacial score (nSPS) is 14.8.